The molecule has 86 valence electrons. The Hall–Kier alpha value is -1.71. The normalized spacial score (nSPS) is 14.5. The Kier molecular flexibility index (Phi) is 3.29. The van der Waals surface area contributed by atoms with Crippen molar-refractivity contribution >= 4 is 11.5 Å². The number of nitrogens with zero attached hydrogens (tertiary/aromatic N) is 1. The van der Waals surface area contributed by atoms with Crippen LogP contribution in [0.4, 0.5) is 5.69 Å². The Balaban J connectivity index is 2.15. The van der Waals surface area contributed by atoms with Crippen LogP contribution in [0, 0.1) is 0 Å². The van der Waals surface area contributed by atoms with E-state index in [2.05, 4.69) is 10.3 Å². The minimum atomic E-state index is 0.728. The second kappa shape index (κ2) is 4.88. The molecule has 1 aromatic carbocycles. The lowest BCUT2D eigenvalue weighted by molar-refractivity contribution is 0.355. The molecule has 1 aliphatic rings. The Bertz CT molecular complexity index is 402. The van der Waals surface area contributed by atoms with Gasteiger partial charge in [0.15, 0.2) is 11.5 Å². The first-order valence-corrected chi connectivity index (χ1v) is 5.36. The summed E-state index contributed by atoms with van der Waals surface area (Å²) in [6.45, 7) is 0.926. The zero-order valence-corrected chi connectivity index (χ0v) is 9.62. The molecule has 16 heavy (non-hydrogen) atoms. The molecule has 0 amide bonds. The number of nitrogens with one attached hydrogen (secondary N) is 1. The van der Waals surface area contributed by atoms with Gasteiger partial charge in [0, 0.05) is 24.7 Å². The Morgan fingerprint density at radius 2 is 2.00 bits per heavy atom. The molecule has 0 spiro atoms. The Labute approximate surface area is 95.3 Å². The van der Waals surface area contributed by atoms with Crippen LogP contribution in [0.3, 0.4) is 0 Å². The molecule has 0 atom stereocenters. The van der Waals surface area contributed by atoms with Gasteiger partial charge in [-0.25, -0.2) is 0 Å². The van der Waals surface area contributed by atoms with Crippen LogP contribution in [0.1, 0.15) is 12.8 Å². The molecule has 0 aliphatic carbocycles. The van der Waals surface area contributed by atoms with E-state index in [0.717, 1.165) is 42.4 Å². The highest BCUT2D eigenvalue weighted by Gasteiger charge is 2.08. The predicted molar refractivity (Wildman–Crippen MR) is 64.7 cm³/mol. The third-order valence-electron chi connectivity index (χ3n) is 2.55. The maximum atomic E-state index is 5.24. The number of amidine groups is 1. The molecular formula is C12H16N2O2. The lowest BCUT2D eigenvalue weighted by Gasteiger charge is -2.10. The van der Waals surface area contributed by atoms with Crippen LogP contribution in [0.25, 0.3) is 0 Å². The number of hydrogen-bond donors (Lipinski definition) is 1. The molecule has 0 saturated carbocycles. The lowest BCUT2D eigenvalue weighted by Crippen LogP contribution is -2.08. The van der Waals surface area contributed by atoms with Crippen LogP contribution in [-0.4, -0.2) is 26.6 Å². The first kappa shape index (κ1) is 10.8. The summed E-state index contributed by atoms with van der Waals surface area (Å²) in [5, 5.41) is 3.28. The number of anilines is 1. The van der Waals surface area contributed by atoms with E-state index in [-0.39, 0.29) is 0 Å². The Morgan fingerprint density at radius 3 is 2.62 bits per heavy atom. The van der Waals surface area contributed by atoms with E-state index in [4.69, 9.17) is 9.47 Å². The monoisotopic (exact) mass is 220 g/mol. The molecule has 4 nitrogen and oxygen atoms in total. The molecule has 1 heterocycles. The van der Waals surface area contributed by atoms with Gasteiger partial charge in [-0.05, 0) is 18.6 Å². The van der Waals surface area contributed by atoms with Crippen LogP contribution in [0.15, 0.2) is 23.2 Å². The minimum absolute atomic E-state index is 0.728. The van der Waals surface area contributed by atoms with E-state index in [9.17, 15) is 0 Å². The largest absolute Gasteiger partial charge is 0.493 e. The fourth-order valence-electron chi connectivity index (χ4n) is 1.72. The molecule has 0 aromatic heterocycles. The van der Waals surface area contributed by atoms with Crippen molar-refractivity contribution in [3.8, 4) is 11.5 Å². The standard InChI is InChI=1S/C12H16N2O2/c1-15-10-6-5-9(8-11(10)16-2)14-12-4-3-7-13-12/h5-6,8H,3-4,7H2,1-2H3,(H,13,14). The van der Waals surface area contributed by atoms with E-state index >= 15 is 0 Å². The van der Waals surface area contributed by atoms with E-state index in [1.165, 1.54) is 0 Å². The van der Waals surface area contributed by atoms with Crippen molar-refractivity contribution in [3.05, 3.63) is 18.2 Å². The summed E-state index contributed by atoms with van der Waals surface area (Å²) in [6, 6.07) is 5.76. The molecule has 0 fully saturated rings. The van der Waals surface area contributed by atoms with E-state index < -0.39 is 0 Å². The molecule has 0 bridgehead atoms. The highest BCUT2D eigenvalue weighted by atomic mass is 16.5. The highest BCUT2D eigenvalue weighted by molar-refractivity contribution is 5.96. The summed E-state index contributed by atoms with van der Waals surface area (Å²) in [5.74, 6) is 2.51. The summed E-state index contributed by atoms with van der Waals surface area (Å²) in [7, 11) is 3.26. The zero-order chi connectivity index (χ0) is 11.4. The van der Waals surface area contributed by atoms with Crippen LogP contribution in [0.2, 0.25) is 0 Å². The van der Waals surface area contributed by atoms with Gasteiger partial charge in [0.1, 0.15) is 5.84 Å². The molecular weight excluding hydrogens is 204 g/mol. The topological polar surface area (TPSA) is 42.8 Å². The van der Waals surface area contributed by atoms with Gasteiger partial charge in [0.2, 0.25) is 0 Å². The maximum absolute atomic E-state index is 5.24. The average Bonchev–Trinajstić information content (AvgIpc) is 2.81. The molecule has 0 unspecified atom stereocenters. The Morgan fingerprint density at radius 1 is 1.19 bits per heavy atom. The maximum Gasteiger partial charge on any atom is 0.162 e. The SMILES string of the molecule is COc1ccc(NC2=NCCC2)cc1OC. The molecule has 0 radical (unpaired) electrons. The van der Waals surface area contributed by atoms with Gasteiger partial charge in [-0.1, -0.05) is 0 Å². The average molecular weight is 220 g/mol. The fourth-order valence-corrected chi connectivity index (χ4v) is 1.72. The van der Waals surface area contributed by atoms with Crippen LogP contribution in [0.5, 0.6) is 11.5 Å². The molecule has 0 saturated heterocycles. The van der Waals surface area contributed by atoms with Crippen LogP contribution in [-0.2, 0) is 0 Å². The third-order valence-corrected chi connectivity index (χ3v) is 2.55. The fraction of sp³-hybridized carbons (Fsp3) is 0.417. The third kappa shape index (κ3) is 2.27. The summed E-state index contributed by atoms with van der Waals surface area (Å²) < 4.78 is 10.4. The van der Waals surface area contributed by atoms with E-state index in [1.54, 1.807) is 14.2 Å². The van der Waals surface area contributed by atoms with Crippen molar-refractivity contribution < 1.29 is 9.47 Å². The van der Waals surface area contributed by atoms with Crippen molar-refractivity contribution in [3.63, 3.8) is 0 Å². The van der Waals surface area contributed by atoms with Gasteiger partial charge in [0.25, 0.3) is 0 Å². The van der Waals surface area contributed by atoms with Crippen LogP contribution >= 0.6 is 0 Å². The second-order valence-electron chi connectivity index (χ2n) is 3.63. The quantitative estimate of drug-likeness (QED) is 0.850. The first-order chi connectivity index (χ1) is 7.83. The summed E-state index contributed by atoms with van der Waals surface area (Å²) in [5.41, 5.74) is 0.985. The van der Waals surface area contributed by atoms with Gasteiger partial charge >= 0.3 is 0 Å². The summed E-state index contributed by atoms with van der Waals surface area (Å²) in [6.07, 6.45) is 2.16. The number of benzene rings is 1. The summed E-state index contributed by atoms with van der Waals surface area (Å²) >= 11 is 0. The van der Waals surface area contributed by atoms with Gasteiger partial charge in [-0.15, -0.1) is 0 Å². The van der Waals surface area contributed by atoms with Crippen molar-refractivity contribution in [1.82, 2.24) is 0 Å². The minimum Gasteiger partial charge on any atom is -0.493 e. The van der Waals surface area contributed by atoms with Crippen molar-refractivity contribution in [2.75, 3.05) is 26.1 Å². The number of ether oxygens (including phenoxy) is 2. The number of rotatable bonds is 3. The van der Waals surface area contributed by atoms with E-state index in [0.29, 0.717) is 0 Å². The summed E-state index contributed by atoms with van der Waals surface area (Å²) in [4.78, 5) is 4.36. The van der Waals surface area contributed by atoms with Crippen molar-refractivity contribution in [2.45, 2.75) is 12.8 Å². The number of aliphatic imine (C=N–C) groups is 1. The first-order valence-electron chi connectivity index (χ1n) is 5.36. The van der Waals surface area contributed by atoms with Crippen molar-refractivity contribution in [2.24, 2.45) is 4.99 Å². The number of hydrogen-bond acceptors (Lipinski definition) is 4. The van der Waals surface area contributed by atoms with Gasteiger partial charge in [-0.3, -0.25) is 4.99 Å². The highest BCUT2D eigenvalue weighted by Crippen LogP contribution is 2.29. The van der Waals surface area contributed by atoms with Gasteiger partial charge in [-0.2, -0.15) is 0 Å². The second-order valence-corrected chi connectivity index (χ2v) is 3.63. The predicted octanol–water partition coefficient (Wildman–Crippen LogP) is 2.31. The smallest absolute Gasteiger partial charge is 0.162 e. The molecule has 1 aromatic rings. The molecule has 1 N–H and O–H groups in total. The van der Waals surface area contributed by atoms with Crippen molar-refractivity contribution in [1.29, 1.82) is 0 Å². The molecule has 2 rings (SSSR count). The lowest BCUT2D eigenvalue weighted by atomic mass is 10.2. The van der Waals surface area contributed by atoms with E-state index in [1.807, 2.05) is 18.2 Å². The zero-order valence-electron chi connectivity index (χ0n) is 9.62. The number of methoxy groups -OCH3 is 2. The van der Waals surface area contributed by atoms with Gasteiger partial charge in [0.05, 0.1) is 14.2 Å². The van der Waals surface area contributed by atoms with Crippen LogP contribution < -0.4 is 14.8 Å². The molecule has 4 heteroatoms. The van der Waals surface area contributed by atoms with Gasteiger partial charge < -0.3 is 14.8 Å². The molecule has 1 aliphatic heterocycles.